The van der Waals surface area contributed by atoms with Crippen LogP contribution in [0.5, 0.6) is 0 Å². The molecule has 0 aromatic heterocycles. The summed E-state index contributed by atoms with van der Waals surface area (Å²) in [7, 11) is -4.03. The maximum atomic E-state index is 13.8. The fourth-order valence-corrected chi connectivity index (χ4v) is 4.50. The molecule has 3 rings (SSSR count). The van der Waals surface area contributed by atoms with E-state index in [1.54, 1.807) is 36.4 Å². The molecule has 0 aliphatic rings. The number of hydrogen-bond acceptors (Lipinski definition) is 4. The quantitative estimate of drug-likeness (QED) is 0.342. The summed E-state index contributed by atoms with van der Waals surface area (Å²) >= 11 is 6.11. The third kappa shape index (κ3) is 5.13. The first-order valence-corrected chi connectivity index (χ1v) is 11.0. The number of hydrogen-bond donors (Lipinski definition) is 0. The summed E-state index contributed by atoms with van der Waals surface area (Å²) in [6, 6.07) is 18.2. The lowest BCUT2D eigenvalue weighted by atomic mass is 10.2. The van der Waals surface area contributed by atoms with Crippen molar-refractivity contribution >= 4 is 33.3 Å². The smallest absolute Gasteiger partial charge is 0.340 e. The molecule has 0 saturated carbocycles. The van der Waals surface area contributed by atoms with E-state index >= 15 is 0 Å². The van der Waals surface area contributed by atoms with Gasteiger partial charge in [-0.15, -0.1) is 6.58 Å². The number of para-hydroxylation sites is 1. The van der Waals surface area contributed by atoms with Gasteiger partial charge in [0.15, 0.2) is 0 Å². The summed E-state index contributed by atoms with van der Waals surface area (Å²) in [4.78, 5) is 12.4. The number of sulfonamides is 1. The van der Waals surface area contributed by atoms with E-state index in [0.29, 0.717) is 5.69 Å². The van der Waals surface area contributed by atoms with Crippen LogP contribution in [-0.2, 0) is 21.4 Å². The van der Waals surface area contributed by atoms with Crippen LogP contribution in [0, 0.1) is 5.82 Å². The minimum atomic E-state index is -4.03. The molecule has 0 aliphatic heterocycles. The molecule has 0 bridgehead atoms. The maximum absolute atomic E-state index is 13.8. The van der Waals surface area contributed by atoms with Crippen molar-refractivity contribution in [3.8, 4) is 0 Å². The van der Waals surface area contributed by atoms with Gasteiger partial charge in [0.2, 0.25) is 0 Å². The van der Waals surface area contributed by atoms with Gasteiger partial charge in [-0.3, -0.25) is 4.31 Å². The largest absolute Gasteiger partial charge is 0.457 e. The highest BCUT2D eigenvalue weighted by atomic mass is 35.5. The van der Waals surface area contributed by atoms with Crippen molar-refractivity contribution in [1.82, 2.24) is 0 Å². The van der Waals surface area contributed by atoms with Crippen LogP contribution in [0.25, 0.3) is 0 Å². The lowest BCUT2D eigenvalue weighted by Crippen LogP contribution is -2.31. The van der Waals surface area contributed by atoms with Crippen LogP contribution in [0.2, 0.25) is 5.02 Å². The van der Waals surface area contributed by atoms with E-state index in [9.17, 15) is 17.6 Å². The van der Waals surface area contributed by atoms with Crippen LogP contribution in [0.15, 0.2) is 90.3 Å². The number of carbonyl (C=O) groups excluding carboxylic acids is 1. The van der Waals surface area contributed by atoms with E-state index in [1.165, 1.54) is 36.4 Å². The second-order valence-electron chi connectivity index (χ2n) is 6.47. The fourth-order valence-electron chi connectivity index (χ4n) is 2.84. The number of esters is 1. The van der Waals surface area contributed by atoms with E-state index in [4.69, 9.17) is 16.3 Å². The van der Waals surface area contributed by atoms with Crippen molar-refractivity contribution < 1.29 is 22.3 Å². The van der Waals surface area contributed by atoms with E-state index in [1.807, 2.05) is 0 Å². The minimum Gasteiger partial charge on any atom is -0.457 e. The van der Waals surface area contributed by atoms with Crippen molar-refractivity contribution in [2.75, 3.05) is 10.8 Å². The highest BCUT2D eigenvalue weighted by Gasteiger charge is 2.26. The van der Waals surface area contributed by atoms with Crippen LogP contribution in [0.1, 0.15) is 15.9 Å². The fraction of sp³-hybridized carbons (Fsp3) is 0.0870. The molecule has 0 amide bonds. The molecule has 0 radical (unpaired) electrons. The normalized spacial score (nSPS) is 11.0. The Hall–Kier alpha value is -3.16. The van der Waals surface area contributed by atoms with Crippen LogP contribution < -0.4 is 4.31 Å². The number of ether oxygens (including phenoxy) is 1. The highest BCUT2D eigenvalue weighted by molar-refractivity contribution is 7.92. The molecule has 3 aromatic rings. The number of carbonyl (C=O) groups is 1. The summed E-state index contributed by atoms with van der Waals surface area (Å²) in [6.45, 7) is 3.34. The summed E-state index contributed by atoms with van der Waals surface area (Å²) in [5.41, 5.74) is 0.503. The van der Waals surface area contributed by atoms with Crippen LogP contribution >= 0.6 is 11.6 Å². The average Bonchev–Trinajstić information content (AvgIpc) is 2.77. The zero-order valence-corrected chi connectivity index (χ0v) is 17.9. The van der Waals surface area contributed by atoms with Gasteiger partial charge in [0.1, 0.15) is 12.4 Å². The highest BCUT2D eigenvalue weighted by Crippen LogP contribution is 2.27. The van der Waals surface area contributed by atoms with Gasteiger partial charge in [-0.1, -0.05) is 54.1 Å². The van der Waals surface area contributed by atoms with Crippen LogP contribution in [-0.4, -0.2) is 20.9 Å². The average molecular weight is 460 g/mol. The Morgan fingerprint density at radius 1 is 1.06 bits per heavy atom. The zero-order valence-electron chi connectivity index (χ0n) is 16.4. The summed E-state index contributed by atoms with van der Waals surface area (Å²) in [5.74, 6) is -1.37. The molecule has 3 aromatic carbocycles. The van der Waals surface area contributed by atoms with Gasteiger partial charge in [0.05, 0.1) is 27.7 Å². The number of nitrogens with zero attached hydrogens (tertiary/aromatic N) is 1. The molecule has 5 nitrogen and oxygen atoms in total. The molecule has 0 spiro atoms. The molecule has 31 heavy (non-hydrogen) atoms. The molecule has 0 atom stereocenters. The van der Waals surface area contributed by atoms with Gasteiger partial charge in [0.25, 0.3) is 10.0 Å². The first-order chi connectivity index (χ1) is 14.8. The molecule has 0 unspecified atom stereocenters. The van der Waals surface area contributed by atoms with Gasteiger partial charge in [0, 0.05) is 5.56 Å². The molecular formula is C23H19ClFNO4S. The van der Waals surface area contributed by atoms with Gasteiger partial charge in [-0.05, 0) is 36.4 Å². The summed E-state index contributed by atoms with van der Waals surface area (Å²) < 4.78 is 46.6. The molecule has 0 heterocycles. The summed E-state index contributed by atoms with van der Waals surface area (Å²) in [5, 5.41) is 0.0208. The lowest BCUT2D eigenvalue weighted by molar-refractivity contribution is 0.0469. The third-order valence-corrected chi connectivity index (χ3v) is 6.52. The molecule has 0 saturated heterocycles. The Morgan fingerprint density at radius 2 is 1.74 bits per heavy atom. The molecule has 0 N–H and O–H groups in total. The van der Waals surface area contributed by atoms with Crippen LogP contribution in [0.4, 0.5) is 10.1 Å². The number of rotatable bonds is 8. The van der Waals surface area contributed by atoms with Gasteiger partial charge >= 0.3 is 5.97 Å². The van der Waals surface area contributed by atoms with Crippen LogP contribution in [0.3, 0.4) is 0 Å². The Morgan fingerprint density at radius 3 is 2.42 bits per heavy atom. The predicted molar refractivity (Wildman–Crippen MR) is 118 cm³/mol. The molecular weight excluding hydrogens is 441 g/mol. The number of halogens is 2. The van der Waals surface area contributed by atoms with E-state index in [0.717, 1.165) is 10.4 Å². The zero-order chi connectivity index (χ0) is 22.4. The van der Waals surface area contributed by atoms with Crippen molar-refractivity contribution in [3.05, 3.63) is 107 Å². The number of anilines is 1. The van der Waals surface area contributed by atoms with Crippen molar-refractivity contribution in [3.63, 3.8) is 0 Å². The molecule has 8 heteroatoms. The standard InChI is InChI=1S/C23H19ClFNO4S/c1-2-14-26(18-9-4-3-5-10-18)31(28,29)19-12-13-21(24)20(15-19)23(27)30-16-17-8-6-7-11-22(17)25/h2-13,15H,1,14,16H2. The maximum Gasteiger partial charge on any atom is 0.340 e. The van der Waals surface area contributed by atoms with Crippen molar-refractivity contribution in [2.45, 2.75) is 11.5 Å². The monoisotopic (exact) mass is 459 g/mol. The second-order valence-corrected chi connectivity index (χ2v) is 8.74. The first-order valence-electron chi connectivity index (χ1n) is 9.23. The molecule has 0 fully saturated rings. The van der Waals surface area contributed by atoms with Gasteiger partial charge in [-0.25, -0.2) is 17.6 Å². The SMILES string of the molecule is C=CCN(c1ccccc1)S(=O)(=O)c1ccc(Cl)c(C(=O)OCc2ccccc2F)c1. The summed E-state index contributed by atoms with van der Waals surface area (Å²) in [6.07, 6.45) is 1.46. The molecule has 160 valence electrons. The Kier molecular flexibility index (Phi) is 7.09. The Labute approximate surface area is 185 Å². The van der Waals surface area contributed by atoms with Crippen molar-refractivity contribution in [1.29, 1.82) is 0 Å². The Bertz CT molecular complexity index is 1200. The van der Waals surface area contributed by atoms with E-state index in [2.05, 4.69) is 6.58 Å². The van der Waals surface area contributed by atoms with E-state index in [-0.39, 0.29) is 34.2 Å². The first kappa shape index (κ1) is 22.5. The minimum absolute atomic E-state index is 0.0208. The Balaban J connectivity index is 1.91. The lowest BCUT2D eigenvalue weighted by Gasteiger charge is -2.23. The second kappa shape index (κ2) is 9.76. The number of benzene rings is 3. The van der Waals surface area contributed by atoms with Crippen molar-refractivity contribution in [2.24, 2.45) is 0 Å². The van der Waals surface area contributed by atoms with Gasteiger partial charge in [-0.2, -0.15) is 0 Å². The topological polar surface area (TPSA) is 63.7 Å². The predicted octanol–water partition coefficient (Wildman–Crippen LogP) is 5.22. The molecule has 0 aliphatic carbocycles. The van der Waals surface area contributed by atoms with Gasteiger partial charge < -0.3 is 4.74 Å². The van der Waals surface area contributed by atoms with E-state index < -0.39 is 21.8 Å². The third-order valence-electron chi connectivity index (χ3n) is 4.40.